The first-order chi connectivity index (χ1) is 17.4. The van der Waals surface area contributed by atoms with Gasteiger partial charge in [-0.25, -0.2) is 4.79 Å². The molecule has 0 unspecified atom stereocenters. The highest BCUT2D eigenvalue weighted by molar-refractivity contribution is 14.1. The number of ether oxygens (including phenoxy) is 2. The van der Waals surface area contributed by atoms with Crippen LogP contribution in [0.15, 0.2) is 66.4 Å². The summed E-state index contributed by atoms with van der Waals surface area (Å²) >= 11 is 2.15. The molecule has 4 rings (SSSR count). The van der Waals surface area contributed by atoms with E-state index in [4.69, 9.17) is 9.47 Å². The summed E-state index contributed by atoms with van der Waals surface area (Å²) in [7, 11) is 0. The number of nitrogens with zero attached hydrogens (tertiary/aromatic N) is 2. The SMILES string of the molecule is CCOc1cc(/C=C2/NC(=O)N(Cc3cccc(C)c3)C2=O)cc(I)c1OCc1ccccc1C#N. The van der Waals surface area contributed by atoms with Crippen molar-refractivity contribution in [1.29, 1.82) is 5.26 Å². The van der Waals surface area contributed by atoms with E-state index in [2.05, 4.69) is 34.0 Å². The van der Waals surface area contributed by atoms with Crippen LogP contribution in [0.1, 0.15) is 34.7 Å². The summed E-state index contributed by atoms with van der Waals surface area (Å²) in [4.78, 5) is 26.7. The molecule has 3 aromatic rings. The zero-order valence-electron chi connectivity index (χ0n) is 19.9. The molecule has 1 fully saturated rings. The van der Waals surface area contributed by atoms with Gasteiger partial charge in [0.15, 0.2) is 11.5 Å². The third-order valence-corrected chi connectivity index (χ3v) is 6.34. The Labute approximate surface area is 223 Å². The van der Waals surface area contributed by atoms with Crippen molar-refractivity contribution in [2.45, 2.75) is 27.0 Å². The molecule has 1 aliphatic heterocycles. The fraction of sp³-hybridized carbons (Fsp3) is 0.179. The Morgan fingerprint density at radius 3 is 2.64 bits per heavy atom. The number of nitriles is 1. The highest BCUT2D eigenvalue weighted by atomic mass is 127. The van der Waals surface area contributed by atoms with E-state index in [1.165, 1.54) is 4.90 Å². The van der Waals surface area contributed by atoms with Crippen molar-refractivity contribution in [3.63, 3.8) is 0 Å². The molecule has 3 amide bonds. The van der Waals surface area contributed by atoms with Gasteiger partial charge in [0, 0.05) is 5.56 Å². The van der Waals surface area contributed by atoms with Gasteiger partial charge in [-0.2, -0.15) is 5.26 Å². The van der Waals surface area contributed by atoms with Crippen LogP contribution in [0.2, 0.25) is 0 Å². The van der Waals surface area contributed by atoms with E-state index >= 15 is 0 Å². The minimum Gasteiger partial charge on any atom is -0.490 e. The number of imide groups is 1. The van der Waals surface area contributed by atoms with Crippen molar-refractivity contribution in [2.75, 3.05) is 6.61 Å². The third-order valence-electron chi connectivity index (χ3n) is 5.54. The Kier molecular flexibility index (Phi) is 7.90. The molecule has 7 nitrogen and oxygen atoms in total. The molecule has 8 heteroatoms. The maximum absolute atomic E-state index is 13.0. The standard InChI is InChI=1S/C28H24IN3O4/c1-3-35-25-14-20(12-23(29)26(25)36-17-22-10-5-4-9-21(22)15-30)13-24-27(33)32(28(34)31-24)16-19-8-6-7-18(2)11-19/h4-14H,3,16-17H2,1-2H3,(H,31,34)/b24-13+. The number of aryl methyl sites for hydroxylation is 1. The van der Waals surface area contributed by atoms with Gasteiger partial charge >= 0.3 is 6.03 Å². The van der Waals surface area contributed by atoms with Gasteiger partial charge in [0.25, 0.3) is 5.91 Å². The fourth-order valence-corrected chi connectivity index (χ4v) is 4.64. The van der Waals surface area contributed by atoms with Crippen LogP contribution in [0.4, 0.5) is 4.79 Å². The van der Waals surface area contributed by atoms with Crippen molar-refractivity contribution in [1.82, 2.24) is 10.2 Å². The average Bonchev–Trinajstić information content (AvgIpc) is 3.11. The maximum Gasteiger partial charge on any atom is 0.329 e. The lowest BCUT2D eigenvalue weighted by Crippen LogP contribution is -2.30. The lowest BCUT2D eigenvalue weighted by atomic mass is 10.1. The van der Waals surface area contributed by atoms with E-state index in [-0.39, 0.29) is 24.8 Å². The van der Waals surface area contributed by atoms with E-state index in [9.17, 15) is 14.9 Å². The van der Waals surface area contributed by atoms with Crippen LogP contribution in [0.25, 0.3) is 6.08 Å². The van der Waals surface area contributed by atoms with E-state index in [1.807, 2.05) is 62.4 Å². The van der Waals surface area contributed by atoms with Crippen molar-refractivity contribution >= 4 is 40.6 Å². The Morgan fingerprint density at radius 2 is 1.89 bits per heavy atom. The molecule has 0 aliphatic carbocycles. The Bertz CT molecular complexity index is 1390. The summed E-state index contributed by atoms with van der Waals surface area (Å²) in [5, 5.41) is 12.0. The van der Waals surface area contributed by atoms with E-state index in [0.29, 0.717) is 29.2 Å². The minimum atomic E-state index is -0.455. The molecule has 36 heavy (non-hydrogen) atoms. The predicted octanol–water partition coefficient (Wildman–Crippen LogP) is 5.54. The number of nitrogens with one attached hydrogen (secondary N) is 1. The van der Waals surface area contributed by atoms with Crippen LogP contribution in [0, 0.1) is 21.8 Å². The van der Waals surface area contributed by atoms with Gasteiger partial charge in [-0.3, -0.25) is 9.69 Å². The van der Waals surface area contributed by atoms with Gasteiger partial charge in [-0.05, 0) is 71.8 Å². The van der Waals surface area contributed by atoms with Gasteiger partial charge in [-0.1, -0.05) is 48.0 Å². The number of amides is 3. The lowest BCUT2D eigenvalue weighted by Gasteiger charge is -2.15. The smallest absolute Gasteiger partial charge is 0.329 e. The Morgan fingerprint density at radius 1 is 1.08 bits per heavy atom. The largest absolute Gasteiger partial charge is 0.490 e. The predicted molar refractivity (Wildman–Crippen MR) is 144 cm³/mol. The number of benzene rings is 3. The second-order valence-electron chi connectivity index (χ2n) is 8.19. The van der Waals surface area contributed by atoms with Gasteiger partial charge in [0.1, 0.15) is 12.3 Å². The highest BCUT2D eigenvalue weighted by Gasteiger charge is 2.33. The van der Waals surface area contributed by atoms with E-state index in [0.717, 1.165) is 20.3 Å². The molecular formula is C28H24IN3O4. The number of carbonyl (C=O) groups excluding carboxylic acids is 2. The van der Waals surface area contributed by atoms with Crippen LogP contribution < -0.4 is 14.8 Å². The van der Waals surface area contributed by atoms with Crippen LogP contribution >= 0.6 is 22.6 Å². The number of urea groups is 1. The normalized spacial score (nSPS) is 14.1. The first kappa shape index (κ1) is 25.3. The number of hydrogen-bond donors (Lipinski definition) is 1. The molecule has 1 heterocycles. The number of rotatable bonds is 8. The van der Waals surface area contributed by atoms with E-state index in [1.54, 1.807) is 18.2 Å². The van der Waals surface area contributed by atoms with Crippen molar-refractivity contribution < 1.29 is 19.1 Å². The third kappa shape index (κ3) is 5.69. The summed E-state index contributed by atoms with van der Waals surface area (Å²) < 4.78 is 12.6. The number of hydrogen-bond acceptors (Lipinski definition) is 5. The zero-order valence-corrected chi connectivity index (χ0v) is 22.0. The molecule has 0 saturated carbocycles. The molecular weight excluding hydrogens is 569 g/mol. The fourth-order valence-electron chi connectivity index (χ4n) is 3.85. The van der Waals surface area contributed by atoms with Gasteiger partial charge in [0.2, 0.25) is 0 Å². The highest BCUT2D eigenvalue weighted by Crippen LogP contribution is 2.36. The van der Waals surface area contributed by atoms with Crippen molar-refractivity contribution in [3.05, 3.63) is 97.7 Å². The molecule has 182 valence electrons. The second-order valence-corrected chi connectivity index (χ2v) is 9.35. The van der Waals surface area contributed by atoms with Crippen molar-refractivity contribution in [2.24, 2.45) is 0 Å². The lowest BCUT2D eigenvalue weighted by molar-refractivity contribution is -0.123. The number of carbonyl (C=O) groups is 2. The van der Waals surface area contributed by atoms with Gasteiger partial charge in [-0.15, -0.1) is 0 Å². The van der Waals surface area contributed by atoms with Crippen LogP contribution in [-0.2, 0) is 17.9 Å². The average molecular weight is 593 g/mol. The zero-order chi connectivity index (χ0) is 25.7. The Hall–Kier alpha value is -3.84. The van der Waals surface area contributed by atoms with Crippen LogP contribution in [0.5, 0.6) is 11.5 Å². The molecule has 0 radical (unpaired) electrons. The monoisotopic (exact) mass is 593 g/mol. The second kappa shape index (κ2) is 11.3. The molecule has 1 aliphatic rings. The maximum atomic E-state index is 13.0. The quantitative estimate of drug-likeness (QED) is 0.210. The molecule has 0 aromatic heterocycles. The molecule has 0 atom stereocenters. The molecule has 0 spiro atoms. The molecule has 3 aromatic carbocycles. The Balaban J connectivity index is 1.57. The van der Waals surface area contributed by atoms with Crippen LogP contribution in [-0.4, -0.2) is 23.4 Å². The minimum absolute atomic E-state index is 0.197. The number of halogens is 1. The molecule has 1 N–H and O–H groups in total. The van der Waals surface area contributed by atoms with Crippen LogP contribution in [0.3, 0.4) is 0 Å². The summed E-state index contributed by atoms with van der Waals surface area (Å²) in [6.07, 6.45) is 1.63. The summed E-state index contributed by atoms with van der Waals surface area (Å²) in [6.45, 7) is 4.66. The summed E-state index contributed by atoms with van der Waals surface area (Å²) in [5.41, 5.74) is 4.16. The first-order valence-electron chi connectivity index (χ1n) is 11.4. The topological polar surface area (TPSA) is 91.7 Å². The summed E-state index contributed by atoms with van der Waals surface area (Å²) in [5.74, 6) is 0.678. The van der Waals surface area contributed by atoms with Gasteiger partial charge in [0.05, 0.1) is 28.4 Å². The molecule has 1 saturated heterocycles. The van der Waals surface area contributed by atoms with Crippen molar-refractivity contribution in [3.8, 4) is 17.6 Å². The summed E-state index contributed by atoms with van der Waals surface area (Å²) in [6, 6.07) is 20.3. The van der Waals surface area contributed by atoms with E-state index < -0.39 is 6.03 Å². The first-order valence-corrected chi connectivity index (χ1v) is 12.4. The molecule has 0 bridgehead atoms. The van der Waals surface area contributed by atoms with Gasteiger partial charge < -0.3 is 14.8 Å².